The van der Waals surface area contributed by atoms with Gasteiger partial charge in [0.05, 0.1) is 7.11 Å². The second-order valence-corrected chi connectivity index (χ2v) is 7.34. The smallest absolute Gasteiger partial charge is 0.227 e. The van der Waals surface area contributed by atoms with Gasteiger partial charge in [0.25, 0.3) is 0 Å². The molecule has 0 spiro atoms. The summed E-state index contributed by atoms with van der Waals surface area (Å²) >= 11 is 0. The molecule has 0 aliphatic heterocycles. The van der Waals surface area contributed by atoms with E-state index >= 15 is 0 Å². The molecule has 0 amide bonds. The van der Waals surface area contributed by atoms with E-state index in [0.29, 0.717) is 17.9 Å². The normalized spacial score (nSPS) is 15.2. The molecular weight excluding hydrogens is 338 g/mol. The largest absolute Gasteiger partial charge is 0.496 e. The zero-order valence-electron chi connectivity index (χ0n) is 16.7. The van der Waals surface area contributed by atoms with Crippen molar-refractivity contribution in [2.75, 3.05) is 24.3 Å². The molecule has 1 fully saturated rings. The van der Waals surface area contributed by atoms with Gasteiger partial charge >= 0.3 is 0 Å². The lowest BCUT2D eigenvalue weighted by molar-refractivity contribution is 0.411. The van der Waals surface area contributed by atoms with Gasteiger partial charge in [-0.3, -0.25) is 0 Å². The highest BCUT2D eigenvalue weighted by atomic mass is 16.5. The van der Waals surface area contributed by atoms with E-state index in [2.05, 4.69) is 44.6 Å². The van der Waals surface area contributed by atoms with Crippen LogP contribution in [0.4, 0.5) is 11.9 Å². The van der Waals surface area contributed by atoms with Gasteiger partial charge in [0.2, 0.25) is 11.9 Å². The summed E-state index contributed by atoms with van der Waals surface area (Å²) in [5, 5.41) is 6.85. The van der Waals surface area contributed by atoms with Crippen molar-refractivity contribution in [3.8, 4) is 5.75 Å². The number of hydrogen-bond donors (Lipinski definition) is 2. The van der Waals surface area contributed by atoms with Crippen molar-refractivity contribution >= 4 is 11.9 Å². The number of ether oxygens (including phenoxy) is 1. The van der Waals surface area contributed by atoms with Crippen molar-refractivity contribution < 1.29 is 4.74 Å². The molecule has 1 aromatic heterocycles. The summed E-state index contributed by atoms with van der Waals surface area (Å²) in [5.41, 5.74) is 2.42. The maximum atomic E-state index is 5.32. The molecule has 0 saturated heterocycles. The number of nitrogens with zero attached hydrogens (tertiary/aromatic N) is 3. The first-order chi connectivity index (χ1) is 13.1. The Kier molecular flexibility index (Phi) is 6.85. The lowest BCUT2D eigenvalue weighted by Crippen LogP contribution is -2.21. The van der Waals surface area contributed by atoms with Crippen LogP contribution in [0.15, 0.2) is 18.2 Å². The average molecular weight is 370 g/mol. The van der Waals surface area contributed by atoms with Gasteiger partial charge in [0.15, 0.2) is 0 Å². The average Bonchev–Trinajstić information content (AvgIpc) is 2.90. The zero-order chi connectivity index (χ0) is 19.1. The van der Waals surface area contributed by atoms with Crippen LogP contribution in [-0.2, 0) is 6.42 Å². The van der Waals surface area contributed by atoms with E-state index in [1.54, 1.807) is 7.11 Å². The first-order valence-corrected chi connectivity index (χ1v) is 10.0. The number of aryl methyl sites for hydroxylation is 2. The number of nitrogens with one attached hydrogen (secondary N) is 2. The quantitative estimate of drug-likeness (QED) is 0.710. The van der Waals surface area contributed by atoms with E-state index in [1.165, 1.54) is 44.1 Å². The topological polar surface area (TPSA) is 72.0 Å². The molecule has 0 unspecified atom stereocenters. The Labute approximate surface area is 162 Å². The Hall–Kier alpha value is -2.37. The van der Waals surface area contributed by atoms with E-state index in [9.17, 15) is 0 Å². The molecule has 1 heterocycles. The van der Waals surface area contributed by atoms with Crippen molar-refractivity contribution in [2.24, 2.45) is 0 Å². The van der Waals surface area contributed by atoms with Gasteiger partial charge < -0.3 is 15.4 Å². The van der Waals surface area contributed by atoms with Gasteiger partial charge in [-0.2, -0.15) is 15.0 Å². The fourth-order valence-electron chi connectivity index (χ4n) is 3.65. The third-order valence-corrected chi connectivity index (χ3v) is 5.09. The minimum atomic E-state index is 0.476. The second kappa shape index (κ2) is 9.53. The van der Waals surface area contributed by atoms with Crippen LogP contribution >= 0.6 is 0 Å². The zero-order valence-corrected chi connectivity index (χ0v) is 16.7. The minimum absolute atomic E-state index is 0.476. The molecule has 1 aliphatic carbocycles. The van der Waals surface area contributed by atoms with Crippen LogP contribution in [0.5, 0.6) is 5.75 Å². The predicted molar refractivity (Wildman–Crippen MR) is 110 cm³/mol. The Bertz CT molecular complexity index is 741. The van der Waals surface area contributed by atoms with Crippen molar-refractivity contribution in [1.29, 1.82) is 0 Å². The van der Waals surface area contributed by atoms with E-state index in [1.807, 2.05) is 13.0 Å². The lowest BCUT2D eigenvalue weighted by Gasteiger charge is -2.16. The summed E-state index contributed by atoms with van der Waals surface area (Å²) in [6.45, 7) is 4.76. The molecule has 1 aliphatic rings. The molecule has 6 heteroatoms. The van der Waals surface area contributed by atoms with Gasteiger partial charge in [-0.1, -0.05) is 37.8 Å². The number of aromatic nitrogens is 3. The Morgan fingerprint density at radius 2 is 1.74 bits per heavy atom. The molecule has 1 aromatic carbocycles. The molecule has 27 heavy (non-hydrogen) atoms. The molecule has 6 nitrogen and oxygen atoms in total. The van der Waals surface area contributed by atoms with E-state index in [-0.39, 0.29) is 0 Å². The lowest BCUT2D eigenvalue weighted by atomic mass is 10.1. The van der Waals surface area contributed by atoms with Crippen molar-refractivity contribution in [1.82, 2.24) is 15.0 Å². The van der Waals surface area contributed by atoms with E-state index in [4.69, 9.17) is 4.74 Å². The molecule has 0 bridgehead atoms. The number of anilines is 2. The summed E-state index contributed by atoms with van der Waals surface area (Å²) in [6.07, 6.45) is 8.55. The fraction of sp³-hybridized carbons (Fsp3) is 0.571. The van der Waals surface area contributed by atoms with Crippen LogP contribution in [0, 0.1) is 13.8 Å². The van der Waals surface area contributed by atoms with Gasteiger partial charge in [-0.15, -0.1) is 0 Å². The fourth-order valence-corrected chi connectivity index (χ4v) is 3.65. The van der Waals surface area contributed by atoms with Crippen LogP contribution in [-0.4, -0.2) is 34.6 Å². The first kappa shape index (κ1) is 19.4. The third kappa shape index (κ3) is 5.81. The maximum absolute atomic E-state index is 5.32. The summed E-state index contributed by atoms with van der Waals surface area (Å²) < 4.78 is 5.32. The van der Waals surface area contributed by atoms with Gasteiger partial charge in [-0.05, 0) is 50.3 Å². The highest BCUT2D eigenvalue weighted by Crippen LogP contribution is 2.21. The van der Waals surface area contributed by atoms with Gasteiger partial charge in [0.1, 0.15) is 11.6 Å². The summed E-state index contributed by atoms with van der Waals surface area (Å²) in [4.78, 5) is 13.5. The Morgan fingerprint density at radius 3 is 2.44 bits per heavy atom. The number of benzene rings is 1. The van der Waals surface area contributed by atoms with Crippen LogP contribution in [0.2, 0.25) is 0 Å². The molecule has 2 aromatic rings. The molecule has 3 rings (SSSR count). The minimum Gasteiger partial charge on any atom is -0.496 e. The third-order valence-electron chi connectivity index (χ3n) is 5.09. The summed E-state index contributed by atoms with van der Waals surface area (Å²) in [5.74, 6) is 3.00. The highest BCUT2D eigenvalue weighted by Gasteiger charge is 2.14. The SMILES string of the molecule is COc1ccc(CCNc2nc(C)nc(NC3CCCCCC3)n2)cc1C. The maximum Gasteiger partial charge on any atom is 0.227 e. The first-order valence-electron chi connectivity index (χ1n) is 10.0. The molecular formula is C21H31N5O. The second-order valence-electron chi connectivity index (χ2n) is 7.34. The monoisotopic (exact) mass is 369 g/mol. The predicted octanol–water partition coefficient (Wildman–Crippen LogP) is 4.29. The summed E-state index contributed by atoms with van der Waals surface area (Å²) in [6, 6.07) is 6.76. The Balaban J connectivity index is 1.56. The van der Waals surface area contributed by atoms with E-state index < -0.39 is 0 Å². The summed E-state index contributed by atoms with van der Waals surface area (Å²) in [7, 11) is 1.70. The van der Waals surface area contributed by atoms with Gasteiger partial charge in [0, 0.05) is 12.6 Å². The van der Waals surface area contributed by atoms with Crippen molar-refractivity contribution in [3.63, 3.8) is 0 Å². The van der Waals surface area contributed by atoms with Crippen LogP contribution in [0.1, 0.15) is 55.5 Å². The number of methoxy groups -OCH3 is 1. The molecule has 0 radical (unpaired) electrons. The standard InChI is InChI=1S/C21H31N5O/c1-15-14-17(10-11-19(15)27-3)12-13-22-20-23-16(2)24-21(26-20)25-18-8-6-4-5-7-9-18/h10-11,14,18H,4-9,12-13H2,1-3H3,(H2,22,23,24,25,26). The van der Waals surface area contributed by atoms with Crippen molar-refractivity contribution in [3.05, 3.63) is 35.2 Å². The highest BCUT2D eigenvalue weighted by molar-refractivity contribution is 5.38. The molecule has 2 N–H and O–H groups in total. The number of hydrogen-bond acceptors (Lipinski definition) is 6. The number of rotatable bonds is 7. The van der Waals surface area contributed by atoms with E-state index in [0.717, 1.165) is 30.1 Å². The molecule has 0 atom stereocenters. The van der Waals surface area contributed by atoms with Crippen LogP contribution < -0.4 is 15.4 Å². The Morgan fingerprint density at radius 1 is 1.00 bits per heavy atom. The molecule has 146 valence electrons. The van der Waals surface area contributed by atoms with Crippen LogP contribution in [0.3, 0.4) is 0 Å². The van der Waals surface area contributed by atoms with Crippen LogP contribution in [0.25, 0.3) is 0 Å². The molecule has 1 saturated carbocycles. The van der Waals surface area contributed by atoms with Gasteiger partial charge in [-0.25, -0.2) is 0 Å². The van der Waals surface area contributed by atoms with Crippen molar-refractivity contribution in [2.45, 2.75) is 64.8 Å².